The van der Waals surface area contributed by atoms with Crippen molar-refractivity contribution >= 4 is 45.1 Å². The molecule has 9 nitrogen and oxygen atoms in total. The fourth-order valence-corrected chi connectivity index (χ4v) is 3.25. The number of nitro benzene ring substituents is 1. The summed E-state index contributed by atoms with van der Waals surface area (Å²) in [6.07, 6.45) is 0.513. The van der Waals surface area contributed by atoms with Crippen LogP contribution in [0.5, 0.6) is 0 Å². The Balaban J connectivity index is 1.94. The summed E-state index contributed by atoms with van der Waals surface area (Å²) in [7, 11) is 0. The van der Waals surface area contributed by atoms with E-state index in [1.165, 1.54) is 12.1 Å². The van der Waals surface area contributed by atoms with Crippen molar-refractivity contribution in [3.8, 4) is 0 Å². The first-order chi connectivity index (χ1) is 14.3. The molecule has 0 aromatic heterocycles. The lowest BCUT2D eigenvalue weighted by atomic mass is 10.1. The third kappa shape index (κ3) is 4.60. The fraction of sp³-hybridized carbons (Fsp3) is 0.200. The number of piperidine rings is 1. The highest BCUT2D eigenvalue weighted by atomic mass is 79.9. The van der Waals surface area contributed by atoms with Crippen LogP contribution in [-0.4, -0.2) is 45.0 Å². The quantitative estimate of drug-likeness (QED) is 0.275. The molecule has 0 N–H and O–H groups in total. The van der Waals surface area contributed by atoms with Crippen LogP contribution in [0.3, 0.4) is 0 Å². The fourth-order valence-electron chi connectivity index (χ4n) is 2.98. The summed E-state index contributed by atoms with van der Waals surface area (Å²) in [6, 6.07) is 11.2. The SMILES string of the molecule is O=C(CN(C(=O)c1ccc([N+](=O)[O-])cc1)N1C(=O)CCCC1=O)c1ccc(Br)cc1. The van der Waals surface area contributed by atoms with Crippen LogP contribution >= 0.6 is 15.9 Å². The molecule has 0 atom stereocenters. The number of nitrogens with zero attached hydrogens (tertiary/aromatic N) is 3. The van der Waals surface area contributed by atoms with Crippen LogP contribution in [0.15, 0.2) is 53.0 Å². The molecule has 0 radical (unpaired) electrons. The number of rotatable bonds is 6. The van der Waals surface area contributed by atoms with Crippen LogP contribution < -0.4 is 0 Å². The number of ketones is 1. The van der Waals surface area contributed by atoms with Gasteiger partial charge in [0, 0.05) is 40.6 Å². The van der Waals surface area contributed by atoms with Crippen LogP contribution in [0.4, 0.5) is 5.69 Å². The first-order valence-electron chi connectivity index (χ1n) is 8.98. The summed E-state index contributed by atoms with van der Waals surface area (Å²) in [5, 5.41) is 12.4. The first kappa shape index (κ1) is 21.3. The third-order valence-corrected chi connectivity index (χ3v) is 5.04. The Morgan fingerprint density at radius 3 is 2.03 bits per heavy atom. The summed E-state index contributed by atoms with van der Waals surface area (Å²) >= 11 is 3.27. The zero-order valence-electron chi connectivity index (χ0n) is 15.6. The van der Waals surface area contributed by atoms with Crippen LogP contribution in [0.2, 0.25) is 0 Å². The second-order valence-corrected chi connectivity index (χ2v) is 7.47. The largest absolute Gasteiger partial charge is 0.292 e. The van der Waals surface area contributed by atoms with Crippen molar-refractivity contribution in [3.05, 3.63) is 74.2 Å². The molecule has 1 heterocycles. The van der Waals surface area contributed by atoms with E-state index in [1.807, 2.05) is 0 Å². The van der Waals surface area contributed by atoms with Gasteiger partial charge in [-0.1, -0.05) is 28.1 Å². The minimum absolute atomic E-state index is 0.00961. The standard InChI is InChI=1S/C20H16BrN3O6/c21-15-8-4-13(5-9-15)17(25)12-22(23-18(26)2-1-3-19(23)27)20(28)14-6-10-16(11-7-14)24(29)30/h4-11H,1-3,12H2. The molecular formula is C20H16BrN3O6. The second kappa shape index (κ2) is 8.95. The molecule has 3 rings (SSSR count). The second-order valence-electron chi connectivity index (χ2n) is 6.55. The summed E-state index contributed by atoms with van der Waals surface area (Å²) in [6.45, 7) is -0.533. The number of carbonyl (C=O) groups excluding carboxylic acids is 4. The number of benzene rings is 2. The number of hydrogen-bond donors (Lipinski definition) is 0. The lowest BCUT2D eigenvalue weighted by Gasteiger charge is -2.35. The van der Waals surface area contributed by atoms with Gasteiger partial charge in [-0.15, -0.1) is 0 Å². The average Bonchev–Trinajstić information content (AvgIpc) is 2.72. The average molecular weight is 474 g/mol. The number of carbonyl (C=O) groups is 4. The van der Waals surface area contributed by atoms with E-state index in [-0.39, 0.29) is 24.1 Å². The molecule has 2 aromatic rings. The van der Waals surface area contributed by atoms with Crippen molar-refractivity contribution in [1.82, 2.24) is 10.0 Å². The summed E-state index contributed by atoms with van der Waals surface area (Å²) in [4.78, 5) is 60.9. The van der Waals surface area contributed by atoms with Gasteiger partial charge in [0.2, 0.25) is 11.8 Å². The van der Waals surface area contributed by atoms with Gasteiger partial charge in [-0.2, -0.15) is 5.01 Å². The maximum Gasteiger partial charge on any atom is 0.273 e. The van der Waals surface area contributed by atoms with Crippen LogP contribution in [-0.2, 0) is 9.59 Å². The van der Waals surface area contributed by atoms with Crippen LogP contribution in [0.25, 0.3) is 0 Å². The number of nitro groups is 1. The number of halogens is 1. The predicted octanol–water partition coefficient (Wildman–Crippen LogP) is 3.14. The maximum atomic E-state index is 13.1. The molecule has 1 aliphatic heterocycles. The highest BCUT2D eigenvalue weighted by Gasteiger charge is 2.36. The van der Waals surface area contributed by atoms with Gasteiger partial charge in [0.25, 0.3) is 11.6 Å². The molecule has 154 valence electrons. The Kier molecular flexibility index (Phi) is 6.36. The maximum absolute atomic E-state index is 13.1. The highest BCUT2D eigenvalue weighted by Crippen LogP contribution is 2.20. The van der Waals surface area contributed by atoms with Gasteiger partial charge < -0.3 is 0 Å². The molecular weight excluding hydrogens is 458 g/mol. The number of hydrogen-bond acceptors (Lipinski definition) is 6. The topological polar surface area (TPSA) is 118 Å². The van der Waals surface area contributed by atoms with Gasteiger partial charge in [0.15, 0.2) is 5.78 Å². The van der Waals surface area contributed by atoms with Crippen molar-refractivity contribution < 1.29 is 24.1 Å². The van der Waals surface area contributed by atoms with Gasteiger partial charge in [0.1, 0.15) is 6.54 Å². The van der Waals surface area contributed by atoms with Crippen molar-refractivity contribution in [3.63, 3.8) is 0 Å². The van der Waals surface area contributed by atoms with E-state index >= 15 is 0 Å². The molecule has 3 amide bonds. The molecule has 1 aliphatic rings. The highest BCUT2D eigenvalue weighted by molar-refractivity contribution is 9.10. The summed E-state index contributed by atoms with van der Waals surface area (Å²) < 4.78 is 0.763. The molecule has 0 bridgehead atoms. The Hall–Kier alpha value is -3.40. The van der Waals surface area contributed by atoms with Crippen LogP contribution in [0.1, 0.15) is 40.0 Å². The number of hydrazine groups is 1. The normalized spacial score (nSPS) is 13.8. The molecule has 0 saturated carbocycles. The Bertz CT molecular complexity index is 1000. The molecule has 2 aromatic carbocycles. The zero-order chi connectivity index (χ0) is 21.8. The molecule has 1 saturated heterocycles. The third-order valence-electron chi connectivity index (χ3n) is 4.51. The van der Waals surface area contributed by atoms with E-state index < -0.39 is 35.0 Å². The number of imide groups is 1. The van der Waals surface area contributed by atoms with Crippen molar-refractivity contribution in [2.24, 2.45) is 0 Å². The molecule has 1 fully saturated rings. The van der Waals surface area contributed by atoms with Gasteiger partial charge in [0.05, 0.1) is 4.92 Å². The number of non-ortho nitro benzene ring substituents is 1. The van der Waals surface area contributed by atoms with E-state index in [0.29, 0.717) is 17.0 Å². The van der Waals surface area contributed by atoms with Gasteiger partial charge in [-0.3, -0.25) is 29.3 Å². The molecule has 0 aliphatic carbocycles. The van der Waals surface area contributed by atoms with Crippen LogP contribution in [0, 0.1) is 10.1 Å². The Morgan fingerprint density at radius 2 is 1.50 bits per heavy atom. The van der Waals surface area contributed by atoms with Gasteiger partial charge in [-0.25, -0.2) is 5.01 Å². The van der Waals surface area contributed by atoms with Gasteiger partial charge >= 0.3 is 0 Å². The first-order valence-corrected chi connectivity index (χ1v) is 9.78. The predicted molar refractivity (Wildman–Crippen MR) is 108 cm³/mol. The van der Waals surface area contributed by atoms with E-state index in [1.54, 1.807) is 24.3 Å². The lowest BCUT2D eigenvalue weighted by molar-refractivity contribution is -0.384. The van der Waals surface area contributed by atoms with E-state index in [0.717, 1.165) is 21.6 Å². The summed E-state index contributed by atoms with van der Waals surface area (Å²) in [5.41, 5.74) is 0.0983. The van der Waals surface area contributed by atoms with Gasteiger partial charge in [-0.05, 0) is 30.7 Å². The minimum Gasteiger partial charge on any atom is -0.292 e. The van der Waals surface area contributed by atoms with E-state index in [4.69, 9.17) is 0 Å². The zero-order valence-corrected chi connectivity index (χ0v) is 17.2. The van der Waals surface area contributed by atoms with Crippen molar-refractivity contribution in [1.29, 1.82) is 0 Å². The monoisotopic (exact) mass is 473 g/mol. The number of Topliss-reactive ketones (excluding diaryl/α,β-unsaturated/α-hetero) is 1. The Morgan fingerprint density at radius 1 is 0.967 bits per heavy atom. The molecule has 0 spiro atoms. The van der Waals surface area contributed by atoms with Crippen molar-refractivity contribution in [2.75, 3.05) is 6.54 Å². The number of amides is 3. The van der Waals surface area contributed by atoms with Crippen molar-refractivity contribution in [2.45, 2.75) is 19.3 Å². The van der Waals surface area contributed by atoms with E-state index in [9.17, 15) is 29.3 Å². The molecule has 30 heavy (non-hydrogen) atoms. The Labute approximate surface area is 179 Å². The van der Waals surface area contributed by atoms with E-state index in [2.05, 4.69) is 15.9 Å². The minimum atomic E-state index is -0.779. The summed E-state index contributed by atoms with van der Waals surface area (Å²) in [5.74, 6) is -2.40. The smallest absolute Gasteiger partial charge is 0.273 e. The molecule has 0 unspecified atom stereocenters. The lowest BCUT2D eigenvalue weighted by Crippen LogP contribution is -2.56. The molecule has 10 heteroatoms.